The Hall–Kier alpha value is -1.50. The van der Waals surface area contributed by atoms with Crippen LogP contribution in [0.1, 0.15) is 24.0 Å². The molecule has 0 unspecified atom stereocenters. The van der Waals surface area contributed by atoms with Gasteiger partial charge >= 0.3 is 0 Å². The first-order chi connectivity index (χ1) is 6.77. The van der Waals surface area contributed by atoms with Crippen LogP contribution >= 0.6 is 0 Å². The number of rotatable bonds is 1. The van der Waals surface area contributed by atoms with E-state index in [1.54, 1.807) is 6.07 Å². The summed E-state index contributed by atoms with van der Waals surface area (Å²) in [6, 6.07) is 5.81. The highest BCUT2D eigenvalue weighted by molar-refractivity contribution is 5.78. The standard InChI is InChI=1S/C13H14O/c1-10-7-8-12(13(14)9-10)11-5-3-2-4-6-11/h3,5-9,14H,2,4H2,1H3. The summed E-state index contributed by atoms with van der Waals surface area (Å²) in [5.74, 6) is 0.378. The van der Waals surface area contributed by atoms with Crippen LogP contribution in [0, 0.1) is 6.92 Å². The summed E-state index contributed by atoms with van der Waals surface area (Å²) in [6.45, 7) is 1.98. The Bertz CT molecular complexity index is 400. The zero-order valence-electron chi connectivity index (χ0n) is 8.33. The fourth-order valence-corrected chi connectivity index (χ4v) is 1.70. The van der Waals surface area contributed by atoms with Gasteiger partial charge < -0.3 is 5.11 Å². The molecule has 0 heterocycles. The van der Waals surface area contributed by atoms with Crippen LogP contribution in [-0.4, -0.2) is 5.11 Å². The van der Waals surface area contributed by atoms with Gasteiger partial charge in [0, 0.05) is 5.56 Å². The summed E-state index contributed by atoms with van der Waals surface area (Å²) in [6.07, 6.45) is 8.57. The Morgan fingerprint density at radius 1 is 1.21 bits per heavy atom. The van der Waals surface area contributed by atoms with Crippen molar-refractivity contribution in [2.75, 3.05) is 0 Å². The fraction of sp³-hybridized carbons (Fsp3) is 0.231. The predicted octanol–water partition coefficient (Wildman–Crippen LogP) is 3.43. The third-order valence-corrected chi connectivity index (χ3v) is 2.46. The molecule has 1 heteroatoms. The molecule has 0 aromatic heterocycles. The number of benzene rings is 1. The fourth-order valence-electron chi connectivity index (χ4n) is 1.70. The average Bonchev–Trinajstić information content (AvgIpc) is 2.19. The van der Waals surface area contributed by atoms with Crippen LogP contribution in [0.4, 0.5) is 0 Å². The lowest BCUT2D eigenvalue weighted by Gasteiger charge is -2.09. The minimum atomic E-state index is 0.378. The zero-order chi connectivity index (χ0) is 9.97. The van der Waals surface area contributed by atoms with E-state index in [-0.39, 0.29) is 0 Å². The molecule has 1 aromatic rings. The molecule has 0 fully saturated rings. The summed E-state index contributed by atoms with van der Waals surface area (Å²) < 4.78 is 0. The van der Waals surface area contributed by atoms with Crippen LogP contribution in [-0.2, 0) is 0 Å². The first-order valence-corrected chi connectivity index (χ1v) is 4.94. The van der Waals surface area contributed by atoms with Gasteiger partial charge in [0.15, 0.2) is 0 Å². The Morgan fingerprint density at radius 3 is 2.71 bits per heavy atom. The summed E-state index contributed by atoms with van der Waals surface area (Å²) in [4.78, 5) is 0. The van der Waals surface area contributed by atoms with Crippen molar-refractivity contribution in [3.05, 3.63) is 47.6 Å². The molecule has 0 bridgehead atoms. The van der Waals surface area contributed by atoms with Gasteiger partial charge in [-0.15, -0.1) is 0 Å². The summed E-state index contributed by atoms with van der Waals surface area (Å²) in [5, 5.41) is 9.77. The Labute approximate surface area is 84.4 Å². The topological polar surface area (TPSA) is 20.2 Å². The lowest BCUT2D eigenvalue weighted by molar-refractivity contribution is 0.473. The second-order valence-corrected chi connectivity index (χ2v) is 3.66. The van der Waals surface area contributed by atoms with Crippen molar-refractivity contribution in [2.45, 2.75) is 19.8 Å². The van der Waals surface area contributed by atoms with E-state index >= 15 is 0 Å². The summed E-state index contributed by atoms with van der Waals surface area (Å²) in [7, 11) is 0. The average molecular weight is 186 g/mol. The first-order valence-electron chi connectivity index (χ1n) is 4.94. The minimum Gasteiger partial charge on any atom is -0.507 e. The normalized spacial score (nSPS) is 15.4. The lowest BCUT2D eigenvalue weighted by atomic mass is 9.98. The zero-order valence-corrected chi connectivity index (χ0v) is 8.33. The predicted molar refractivity (Wildman–Crippen MR) is 59.2 cm³/mol. The van der Waals surface area contributed by atoms with E-state index in [2.05, 4.69) is 18.2 Å². The highest BCUT2D eigenvalue weighted by atomic mass is 16.3. The van der Waals surface area contributed by atoms with Crippen molar-refractivity contribution < 1.29 is 5.11 Å². The number of hydrogen-bond donors (Lipinski definition) is 1. The minimum absolute atomic E-state index is 0.378. The number of aryl methyl sites for hydroxylation is 1. The number of allylic oxidation sites excluding steroid dienone is 4. The quantitative estimate of drug-likeness (QED) is 0.712. The van der Waals surface area contributed by atoms with Crippen LogP contribution in [0.25, 0.3) is 5.57 Å². The second kappa shape index (κ2) is 3.70. The maximum atomic E-state index is 9.77. The highest BCUT2D eigenvalue weighted by Gasteiger charge is 2.05. The third-order valence-electron chi connectivity index (χ3n) is 2.46. The lowest BCUT2D eigenvalue weighted by Crippen LogP contribution is -1.87. The first kappa shape index (κ1) is 9.07. The Kier molecular flexibility index (Phi) is 2.40. The van der Waals surface area contributed by atoms with Crippen LogP contribution in [0.5, 0.6) is 5.75 Å². The smallest absolute Gasteiger partial charge is 0.123 e. The highest BCUT2D eigenvalue weighted by Crippen LogP contribution is 2.29. The van der Waals surface area contributed by atoms with Crippen LogP contribution in [0.15, 0.2) is 36.4 Å². The largest absolute Gasteiger partial charge is 0.507 e. The van der Waals surface area contributed by atoms with Gasteiger partial charge in [0.1, 0.15) is 5.75 Å². The molecule has 1 aliphatic carbocycles. The van der Waals surface area contributed by atoms with Gasteiger partial charge in [-0.2, -0.15) is 0 Å². The van der Waals surface area contributed by atoms with E-state index in [1.165, 1.54) is 0 Å². The van der Waals surface area contributed by atoms with Crippen molar-refractivity contribution in [1.29, 1.82) is 0 Å². The Morgan fingerprint density at radius 2 is 2.07 bits per heavy atom. The number of aromatic hydroxyl groups is 1. The van der Waals surface area contributed by atoms with Gasteiger partial charge in [-0.25, -0.2) is 0 Å². The van der Waals surface area contributed by atoms with Gasteiger partial charge in [0.25, 0.3) is 0 Å². The van der Waals surface area contributed by atoms with E-state index in [0.29, 0.717) is 5.75 Å². The van der Waals surface area contributed by atoms with Gasteiger partial charge in [-0.05, 0) is 37.0 Å². The molecule has 2 rings (SSSR count). The molecule has 14 heavy (non-hydrogen) atoms. The molecular weight excluding hydrogens is 172 g/mol. The van der Waals surface area contributed by atoms with Crippen molar-refractivity contribution in [2.24, 2.45) is 0 Å². The van der Waals surface area contributed by atoms with Gasteiger partial charge in [-0.1, -0.05) is 30.4 Å². The molecule has 0 atom stereocenters. The third kappa shape index (κ3) is 1.72. The SMILES string of the molecule is Cc1ccc(C2=CCCC=C2)c(O)c1. The van der Waals surface area contributed by atoms with Crippen LogP contribution in [0.2, 0.25) is 0 Å². The van der Waals surface area contributed by atoms with Gasteiger partial charge in [0.2, 0.25) is 0 Å². The maximum Gasteiger partial charge on any atom is 0.123 e. The molecular formula is C13H14O. The van der Waals surface area contributed by atoms with Crippen LogP contribution in [0.3, 0.4) is 0 Å². The molecule has 1 nitrogen and oxygen atoms in total. The molecule has 0 radical (unpaired) electrons. The van der Waals surface area contributed by atoms with E-state index in [1.807, 2.05) is 19.1 Å². The van der Waals surface area contributed by atoms with Gasteiger partial charge in [0.05, 0.1) is 0 Å². The van der Waals surface area contributed by atoms with E-state index in [4.69, 9.17) is 0 Å². The second-order valence-electron chi connectivity index (χ2n) is 3.66. The van der Waals surface area contributed by atoms with Crippen LogP contribution < -0.4 is 0 Å². The number of phenolic OH excluding ortho intramolecular Hbond substituents is 1. The molecule has 0 saturated heterocycles. The van der Waals surface area contributed by atoms with E-state index in [0.717, 1.165) is 29.5 Å². The molecule has 0 amide bonds. The number of phenols is 1. The van der Waals surface area contributed by atoms with Crippen molar-refractivity contribution in [3.8, 4) is 5.75 Å². The van der Waals surface area contributed by atoms with E-state index in [9.17, 15) is 5.11 Å². The molecule has 1 aliphatic rings. The molecule has 1 aromatic carbocycles. The Balaban J connectivity index is 2.41. The summed E-state index contributed by atoms with van der Waals surface area (Å²) >= 11 is 0. The van der Waals surface area contributed by atoms with Gasteiger partial charge in [-0.3, -0.25) is 0 Å². The van der Waals surface area contributed by atoms with Crippen molar-refractivity contribution in [3.63, 3.8) is 0 Å². The molecule has 72 valence electrons. The summed E-state index contributed by atoms with van der Waals surface area (Å²) in [5.41, 5.74) is 3.16. The maximum absolute atomic E-state index is 9.77. The monoisotopic (exact) mass is 186 g/mol. The molecule has 0 aliphatic heterocycles. The van der Waals surface area contributed by atoms with Crippen molar-refractivity contribution >= 4 is 5.57 Å². The van der Waals surface area contributed by atoms with E-state index < -0.39 is 0 Å². The van der Waals surface area contributed by atoms with Crippen molar-refractivity contribution in [1.82, 2.24) is 0 Å². The molecule has 0 spiro atoms. The molecule has 1 N–H and O–H groups in total. The number of hydrogen-bond acceptors (Lipinski definition) is 1. The molecule has 0 saturated carbocycles.